The number of hydrogen-bond donors (Lipinski definition) is 0. The highest BCUT2D eigenvalue weighted by atomic mass is 16.7. The van der Waals surface area contributed by atoms with Crippen LogP contribution in [0.2, 0.25) is 0 Å². The zero-order valence-electron chi connectivity index (χ0n) is 20.6. The standard InChI is InChI=1S/C32H26O6/c33-31(25-15-11-23(12-16-25)21-7-3-1-4-8-21)37-27-19-35-30-28(20-36-29(27)30)38-32(34)26-17-13-24(14-18-26)22-9-5-2-6-10-22/h1-18,27-30H,19-20H2/t27-,28?,29-,30-/m0/s1. The topological polar surface area (TPSA) is 71.1 Å². The van der Waals surface area contributed by atoms with Gasteiger partial charge in [0.25, 0.3) is 0 Å². The first kappa shape index (κ1) is 24.1. The molecule has 0 aliphatic carbocycles. The summed E-state index contributed by atoms with van der Waals surface area (Å²) in [6.07, 6.45) is -2.12. The highest BCUT2D eigenvalue weighted by Gasteiger charge is 2.51. The Labute approximate surface area is 220 Å². The Hall–Kier alpha value is -4.26. The van der Waals surface area contributed by atoms with Gasteiger partial charge in [0, 0.05) is 0 Å². The monoisotopic (exact) mass is 506 g/mol. The Morgan fingerprint density at radius 3 is 1.21 bits per heavy atom. The van der Waals surface area contributed by atoms with Crippen LogP contribution in [0.4, 0.5) is 0 Å². The largest absolute Gasteiger partial charge is 0.453 e. The molecule has 4 aromatic rings. The summed E-state index contributed by atoms with van der Waals surface area (Å²) in [6.45, 7) is 0.367. The Bertz CT molecular complexity index is 1290. The first-order valence-electron chi connectivity index (χ1n) is 12.6. The van der Waals surface area contributed by atoms with E-state index in [-0.39, 0.29) is 13.2 Å². The summed E-state index contributed by atoms with van der Waals surface area (Å²) in [5, 5.41) is 0. The smallest absolute Gasteiger partial charge is 0.338 e. The van der Waals surface area contributed by atoms with Crippen molar-refractivity contribution in [2.24, 2.45) is 0 Å². The summed E-state index contributed by atoms with van der Waals surface area (Å²) in [4.78, 5) is 25.6. The number of fused-ring (bicyclic) bond motifs is 1. The minimum Gasteiger partial charge on any atom is -0.453 e. The number of rotatable bonds is 6. The van der Waals surface area contributed by atoms with E-state index in [1.54, 1.807) is 24.3 Å². The fourth-order valence-electron chi connectivity index (χ4n) is 4.90. The van der Waals surface area contributed by atoms with Crippen molar-refractivity contribution < 1.29 is 28.5 Å². The molecule has 1 unspecified atom stereocenters. The summed E-state index contributed by atoms with van der Waals surface area (Å²) < 4.78 is 23.1. The third-order valence-corrected chi connectivity index (χ3v) is 6.93. The van der Waals surface area contributed by atoms with Crippen LogP contribution < -0.4 is 0 Å². The minimum absolute atomic E-state index is 0.184. The average molecular weight is 507 g/mol. The molecule has 0 amide bonds. The molecule has 0 spiro atoms. The molecule has 4 atom stereocenters. The number of benzene rings is 4. The van der Waals surface area contributed by atoms with Gasteiger partial charge < -0.3 is 18.9 Å². The van der Waals surface area contributed by atoms with Crippen LogP contribution in [0.5, 0.6) is 0 Å². The van der Waals surface area contributed by atoms with Crippen molar-refractivity contribution in [2.45, 2.75) is 24.4 Å². The molecule has 38 heavy (non-hydrogen) atoms. The van der Waals surface area contributed by atoms with Gasteiger partial charge in [-0.1, -0.05) is 84.9 Å². The van der Waals surface area contributed by atoms with Crippen molar-refractivity contribution in [2.75, 3.05) is 13.2 Å². The Morgan fingerprint density at radius 1 is 0.500 bits per heavy atom. The maximum Gasteiger partial charge on any atom is 0.338 e. The second-order valence-corrected chi connectivity index (χ2v) is 9.37. The van der Waals surface area contributed by atoms with Crippen molar-refractivity contribution in [1.29, 1.82) is 0 Å². The quantitative estimate of drug-likeness (QED) is 0.319. The molecular weight excluding hydrogens is 480 g/mol. The molecule has 2 saturated heterocycles. The maximum atomic E-state index is 12.8. The Morgan fingerprint density at radius 2 is 0.842 bits per heavy atom. The average Bonchev–Trinajstić information content (AvgIpc) is 3.57. The fourth-order valence-corrected chi connectivity index (χ4v) is 4.90. The summed E-state index contributed by atoms with van der Waals surface area (Å²) in [7, 11) is 0. The normalized spacial score (nSPS) is 22.0. The summed E-state index contributed by atoms with van der Waals surface area (Å²) >= 11 is 0. The van der Waals surface area contributed by atoms with Crippen LogP contribution in [-0.4, -0.2) is 49.6 Å². The number of carbonyl (C=O) groups excluding carboxylic acids is 2. The molecule has 6 rings (SSSR count). The molecule has 4 aromatic carbocycles. The zero-order valence-corrected chi connectivity index (χ0v) is 20.6. The third kappa shape index (κ3) is 4.96. The molecule has 190 valence electrons. The van der Waals surface area contributed by atoms with Crippen molar-refractivity contribution in [1.82, 2.24) is 0 Å². The van der Waals surface area contributed by atoms with Crippen molar-refractivity contribution in [3.8, 4) is 22.3 Å². The number of ether oxygens (including phenoxy) is 4. The van der Waals surface area contributed by atoms with E-state index in [9.17, 15) is 9.59 Å². The van der Waals surface area contributed by atoms with Gasteiger partial charge in [0.2, 0.25) is 0 Å². The zero-order chi connectivity index (χ0) is 25.9. The molecular formula is C32H26O6. The lowest BCUT2D eigenvalue weighted by Crippen LogP contribution is -2.36. The SMILES string of the molecule is O=C(OC1CO[C@H]2[C@@H](OC(=O)c3ccc(-c4ccccc4)cc3)CO[C@@H]12)c1ccc(-c2ccccc2)cc1. The second kappa shape index (κ2) is 10.6. The number of esters is 2. The molecule has 0 radical (unpaired) electrons. The van der Waals surface area contributed by atoms with Gasteiger partial charge in [0.1, 0.15) is 12.2 Å². The molecule has 0 aromatic heterocycles. The van der Waals surface area contributed by atoms with Gasteiger partial charge in [-0.25, -0.2) is 9.59 Å². The van der Waals surface area contributed by atoms with Gasteiger partial charge in [0.15, 0.2) is 12.2 Å². The molecule has 2 fully saturated rings. The molecule has 0 saturated carbocycles. The van der Waals surface area contributed by atoms with Crippen LogP contribution >= 0.6 is 0 Å². The van der Waals surface area contributed by atoms with E-state index in [2.05, 4.69) is 0 Å². The minimum atomic E-state index is -0.574. The summed E-state index contributed by atoms with van der Waals surface area (Å²) in [6, 6.07) is 34.5. The molecule has 0 bridgehead atoms. The predicted molar refractivity (Wildman–Crippen MR) is 142 cm³/mol. The molecule has 6 heteroatoms. The molecule has 0 N–H and O–H groups in total. The summed E-state index contributed by atoms with van der Waals surface area (Å²) in [5.74, 6) is -0.886. The van der Waals surface area contributed by atoms with Crippen molar-refractivity contribution >= 4 is 11.9 Å². The summed E-state index contributed by atoms with van der Waals surface area (Å²) in [5.41, 5.74) is 5.09. The van der Waals surface area contributed by atoms with Crippen LogP contribution in [0.25, 0.3) is 22.3 Å². The number of carbonyl (C=O) groups is 2. The lowest BCUT2D eigenvalue weighted by atomic mass is 10.0. The van der Waals surface area contributed by atoms with Gasteiger partial charge in [-0.05, 0) is 46.5 Å². The fraction of sp³-hybridized carbons (Fsp3) is 0.188. The van der Waals surface area contributed by atoms with E-state index in [1.165, 1.54) is 0 Å². The van der Waals surface area contributed by atoms with Crippen LogP contribution in [0, 0.1) is 0 Å². The molecule has 2 aliphatic rings. The van der Waals surface area contributed by atoms with E-state index >= 15 is 0 Å². The van der Waals surface area contributed by atoms with Crippen LogP contribution in [-0.2, 0) is 18.9 Å². The molecule has 6 nitrogen and oxygen atoms in total. The first-order chi connectivity index (χ1) is 18.7. The predicted octanol–water partition coefficient (Wildman–Crippen LogP) is 5.57. The van der Waals surface area contributed by atoms with Crippen molar-refractivity contribution in [3.63, 3.8) is 0 Å². The third-order valence-electron chi connectivity index (χ3n) is 6.93. The Kier molecular flexibility index (Phi) is 6.73. The van der Waals surface area contributed by atoms with Gasteiger partial charge in [-0.3, -0.25) is 0 Å². The van der Waals surface area contributed by atoms with Gasteiger partial charge in [-0.15, -0.1) is 0 Å². The van der Waals surface area contributed by atoms with Gasteiger partial charge in [-0.2, -0.15) is 0 Å². The van der Waals surface area contributed by atoms with Crippen LogP contribution in [0.1, 0.15) is 20.7 Å². The van der Waals surface area contributed by atoms with E-state index in [4.69, 9.17) is 18.9 Å². The highest BCUT2D eigenvalue weighted by Crippen LogP contribution is 2.32. The number of hydrogen-bond acceptors (Lipinski definition) is 6. The van der Waals surface area contributed by atoms with E-state index < -0.39 is 36.4 Å². The van der Waals surface area contributed by atoms with E-state index in [1.807, 2.05) is 84.9 Å². The van der Waals surface area contributed by atoms with Crippen LogP contribution in [0.3, 0.4) is 0 Å². The lowest BCUT2D eigenvalue weighted by molar-refractivity contribution is -0.0287. The van der Waals surface area contributed by atoms with Crippen LogP contribution in [0.15, 0.2) is 109 Å². The highest BCUT2D eigenvalue weighted by molar-refractivity contribution is 5.91. The molecule has 2 heterocycles. The maximum absolute atomic E-state index is 12.8. The van der Waals surface area contributed by atoms with E-state index in [0.717, 1.165) is 22.3 Å². The van der Waals surface area contributed by atoms with E-state index in [0.29, 0.717) is 11.1 Å². The Balaban J connectivity index is 1.05. The van der Waals surface area contributed by atoms with Crippen molar-refractivity contribution in [3.05, 3.63) is 120 Å². The lowest BCUT2D eigenvalue weighted by Gasteiger charge is -2.17. The first-order valence-corrected chi connectivity index (χ1v) is 12.6. The van der Waals surface area contributed by atoms with Gasteiger partial charge >= 0.3 is 11.9 Å². The second-order valence-electron chi connectivity index (χ2n) is 9.37. The molecule has 2 aliphatic heterocycles. The van der Waals surface area contributed by atoms with Gasteiger partial charge in [0.05, 0.1) is 24.3 Å².